The highest BCUT2D eigenvalue weighted by Gasteiger charge is 2.52. The van der Waals surface area contributed by atoms with E-state index in [-0.39, 0.29) is 30.9 Å². The van der Waals surface area contributed by atoms with Gasteiger partial charge in [-0.15, -0.1) is 0 Å². The van der Waals surface area contributed by atoms with Crippen LogP contribution in [0.4, 0.5) is 10.1 Å². The predicted octanol–water partition coefficient (Wildman–Crippen LogP) is 5.21. The van der Waals surface area contributed by atoms with Crippen molar-refractivity contribution in [1.29, 1.82) is 0 Å². The van der Waals surface area contributed by atoms with Crippen molar-refractivity contribution in [1.82, 2.24) is 0 Å². The fraction of sp³-hybridized carbons (Fsp3) is 0.526. The number of amides is 1. The van der Waals surface area contributed by atoms with E-state index in [4.69, 9.17) is 25.4 Å². The third kappa shape index (κ3) is 3.86. The van der Waals surface area contributed by atoms with Gasteiger partial charge in [0.15, 0.2) is 11.8 Å². The summed E-state index contributed by atoms with van der Waals surface area (Å²) in [4.78, 5) is 14.5. The van der Waals surface area contributed by atoms with Gasteiger partial charge in [0, 0.05) is 11.6 Å². The highest BCUT2D eigenvalue weighted by Crippen LogP contribution is 2.61. The van der Waals surface area contributed by atoms with E-state index < -0.39 is 19.2 Å². The average molecular weight is 432 g/mol. The Bertz CT molecular complexity index is 821. The number of anilines is 1. The SMILES string of the molecule is CCOP(=O)(OCC)C1C2=C(CCCC2)C(=O)N1c1cc(OCCl)ccc1F. The summed E-state index contributed by atoms with van der Waals surface area (Å²) in [5.41, 5.74) is 1.29. The second-order valence-corrected chi connectivity index (χ2v) is 8.81. The van der Waals surface area contributed by atoms with Gasteiger partial charge in [0.05, 0.1) is 18.9 Å². The minimum atomic E-state index is -3.75. The molecule has 0 fully saturated rings. The lowest BCUT2D eigenvalue weighted by molar-refractivity contribution is -0.114. The van der Waals surface area contributed by atoms with Crippen LogP contribution in [0.2, 0.25) is 0 Å². The molecule has 3 rings (SSSR count). The molecule has 1 aliphatic heterocycles. The first-order chi connectivity index (χ1) is 13.5. The molecule has 0 aromatic heterocycles. The molecule has 0 radical (unpaired) electrons. The Morgan fingerprint density at radius 2 is 1.89 bits per heavy atom. The third-order valence-electron chi connectivity index (χ3n) is 4.86. The molecule has 28 heavy (non-hydrogen) atoms. The van der Waals surface area contributed by atoms with E-state index in [9.17, 15) is 13.8 Å². The molecule has 0 N–H and O–H groups in total. The number of hydrogen-bond acceptors (Lipinski definition) is 5. The van der Waals surface area contributed by atoms with E-state index in [2.05, 4.69) is 0 Å². The van der Waals surface area contributed by atoms with E-state index >= 15 is 0 Å². The first-order valence-electron chi connectivity index (χ1n) is 9.39. The summed E-state index contributed by atoms with van der Waals surface area (Å²) in [5.74, 6) is -1.65. The van der Waals surface area contributed by atoms with Gasteiger partial charge in [0.2, 0.25) is 0 Å². The van der Waals surface area contributed by atoms with Gasteiger partial charge in [-0.1, -0.05) is 11.6 Å². The first kappa shape index (κ1) is 21.3. The fourth-order valence-electron chi connectivity index (χ4n) is 3.81. The molecule has 1 unspecified atom stereocenters. The second-order valence-electron chi connectivity index (χ2n) is 6.50. The Balaban J connectivity index is 2.14. The predicted molar refractivity (Wildman–Crippen MR) is 105 cm³/mol. The number of nitrogens with zero attached hydrogens (tertiary/aromatic N) is 1. The molecule has 1 heterocycles. The number of carbonyl (C=O) groups excluding carboxylic acids is 1. The summed E-state index contributed by atoms with van der Waals surface area (Å²) in [5, 5.41) is 0. The Hall–Kier alpha value is -1.40. The van der Waals surface area contributed by atoms with Crippen molar-refractivity contribution in [3.63, 3.8) is 0 Å². The molecule has 1 aromatic carbocycles. The van der Waals surface area contributed by atoms with Crippen LogP contribution in [0.5, 0.6) is 5.75 Å². The molecule has 0 bridgehead atoms. The summed E-state index contributed by atoms with van der Waals surface area (Å²) in [6, 6.07) is 3.90. The van der Waals surface area contributed by atoms with Gasteiger partial charge < -0.3 is 13.8 Å². The van der Waals surface area contributed by atoms with Crippen LogP contribution in [0.25, 0.3) is 0 Å². The van der Waals surface area contributed by atoms with Crippen molar-refractivity contribution in [2.45, 2.75) is 45.3 Å². The summed E-state index contributed by atoms with van der Waals surface area (Å²) in [6.45, 7) is 3.71. The van der Waals surface area contributed by atoms with Gasteiger partial charge in [-0.05, 0) is 57.2 Å². The normalized spacial score (nSPS) is 19.9. The van der Waals surface area contributed by atoms with Gasteiger partial charge in [0.1, 0.15) is 11.6 Å². The molecule has 2 aliphatic rings. The molecule has 1 aromatic rings. The van der Waals surface area contributed by atoms with Crippen molar-refractivity contribution < 1.29 is 27.5 Å². The molecule has 1 aliphatic carbocycles. The van der Waals surface area contributed by atoms with E-state index in [0.717, 1.165) is 18.4 Å². The number of benzene rings is 1. The van der Waals surface area contributed by atoms with Crippen molar-refractivity contribution in [2.75, 3.05) is 24.2 Å². The van der Waals surface area contributed by atoms with Gasteiger partial charge in [-0.2, -0.15) is 0 Å². The standard InChI is InChI=1S/C19H24ClFNO5P/c1-3-26-28(24,27-4-2)19-15-8-6-5-7-14(15)18(23)22(19)17-11-13(25-12-20)9-10-16(17)21/h9-11,19H,3-8,12H2,1-2H3. The van der Waals surface area contributed by atoms with Crippen molar-refractivity contribution in [3.8, 4) is 5.75 Å². The lowest BCUT2D eigenvalue weighted by atomic mass is 9.94. The van der Waals surface area contributed by atoms with Crippen molar-refractivity contribution in [2.24, 2.45) is 0 Å². The Morgan fingerprint density at radius 3 is 2.54 bits per heavy atom. The van der Waals surface area contributed by atoms with E-state index in [1.807, 2.05) is 0 Å². The third-order valence-corrected chi connectivity index (χ3v) is 7.35. The highest BCUT2D eigenvalue weighted by molar-refractivity contribution is 7.55. The van der Waals surface area contributed by atoms with Gasteiger partial charge in [0.25, 0.3) is 5.91 Å². The largest absolute Gasteiger partial charge is 0.478 e. The summed E-state index contributed by atoms with van der Waals surface area (Å²) < 4.78 is 44.8. The number of rotatable bonds is 8. The lowest BCUT2D eigenvalue weighted by Crippen LogP contribution is -2.37. The quantitative estimate of drug-likeness (QED) is 0.417. The molecular formula is C19H24ClFNO5P. The zero-order chi connectivity index (χ0) is 20.3. The lowest BCUT2D eigenvalue weighted by Gasteiger charge is -2.32. The van der Waals surface area contributed by atoms with Crippen LogP contribution in [-0.2, 0) is 18.4 Å². The number of ether oxygens (including phenoxy) is 1. The van der Waals surface area contributed by atoms with Crippen LogP contribution < -0.4 is 9.64 Å². The van der Waals surface area contributed by atoms with Crippen molar-refractivity contribution >= 4 is 30.8 Å². The molecule has 1 atom stereocenters. The van der Waals surface area contributed by atoms with Gasteiger partial charge >= 0.3 is 7.60 Å². The second kappa shape index (κ2) is 8.95. The smallest absolute Gasteiger partial charge is 0.357 e. The van der Waals surface area contributed by atoms with Gasteiger partial charge in [-0.3, -0.25) is 14.3 Å². The maximum absolute atomic E-state index is 14.8. The number of halogens is 2. The molecule has 0 spiro atoms. The Labute approximate surface area is 169 Å². The van der Waals surface area contributed by atoms with E-state index in [1.165, 1.54) is 23.1 Å². The molecule has 0 saturated heterocycles. The van der Waals surface area contributed by atoms with Crippen LogP contribution in [0.3, 0.4) is 0 Å². The van der Waals surface area contributed by atoms with Crippen LogP contribution in [0.1, 0.15) is 39.5 Å². The zero-order valence-corrected chi connectivity index (χ0v) is 17.6. The summed E-state index contributed by atoms with van der Waals surface area (Å²) >= 11 is 5.61. The molecule has 1 amide bonds. The zero-order valence-electron chi connectivity index (χ0n) is 16.0. The molecule has 154 valence electrons. The van der Waals surface area contributed by atoms with E-state index in [0.29, 0.717) is 24.2 Å². The Kier molecular flexibility index (Phi) is 6.81. The first-order valence-corrected chi connectivity index (χ1v) is 11.5. The molecular weight excluding hydrogens is 408 g/mol. The topological polar surface area (TPSA) is 65.1 Å². The average Bonchev–Trinajstić information content (AvgIpc) is 2.97. The van der Waals surface area contributed by atoms with Crippen LogP contribution in [0.15, 0.2) is 29.3 Å². The van der Waals surface area contributed by atoms with E-state index in [1.54, 1.807) is 13.8 Å². The fourth-order valence-corrected chi connectivity index (χ4v) is 6.19. The van der Waals surface area contributed by atoms with Crippen LogP contribution >= 0.6 is 19.2 Å². The molecule has 6 nitrogen and oxygen atoms in total. The minimum absolute atomic E-state index is 0.0216. The maximum Gasteiger partial charge on any atom is 0.357 e. The number of alkyl halides is 1. The monoisotopic (exact) mass is 431 g/mol. The van der Waals surface area contributed by atoms with Crippen molar-refractivity contribution in [3.05, 3.63) is 35.2 Å². The molecule has 9 heteroatoms. The van der Waals surface area contributed by atoms with Crippen LogP contribution in [0, 0.1) is 5.82 Å². The summed E-state index contributed by atoms with van der Waals surface area (Å²) in [7, 11) is -3.75. The van der Waals surface area contributed by atoms with Gasteiger partial charge in [-0.25, -0.2) is 4.39 Å². The number of carbonyl (C=O) groups is 1. The molecule has 0 saturated carbocycles. The highest BCUT2D eigenvalue weighted by atomic mass is 35.5. The summed E-state index contributed by atoms with van der Waals surface area (Å²) in [6.07, 6.45) is 2.90. The minimum Gasteiger partial charge on any atom is -0.478 e. The maximum atomic E-state index is 14.8. The van der Waals surface area contributed by atoms with Crippen LogP contribution in [-0.4, -0.2) is 31.0 Å². The Morgan fingerprint density at radius 1 is 1.21 bits per heavy atom. The number of hydrogen-bond donors (Lipinski definition) is 0.